The predicted molar refractivity (Wildman–Crippen MR) is 96.3 cm³/mol. The molecule has 1 aliphatic heterocycles. The largest absolute Gasteiger partial charge is 0.337 e. The van der Waals surface area contributed by atoms with Gasteiger partial charge >= 0.3 is 0 Å². The summed E-state index contributed by atoms with van der Waals surface area (Å²) in [4.78, 5) is 10.2. The molecule has 3 heteroatoms. The first kappa shape index (κ1) is 14.4. The van der Waals surface area contributed by atoms with Gasteiger partial charge in [0.15, 0.2) is 5.76 Å². The molecule has 2 aromatic carbocycles. The van der Waals surface area contributed by atoms with Gasteiger partial charge in [0.25, 0.3) is 0 Å². The van der Waals surface area contributed by atoms with Crippen LogP contribution in [0.15, 0.2) is 84.2 Å². The fourth-order valence-corrected chi connectivity index (χ4v) is 3.80. The van der Waals surface area contributed by atoms with Crippen molar-refractivity contribution in [1.82, 2.24) is 0 Å². The van der Waals surface area contributed by atoms with Gasteiger partial charge < -0.3 is 4.89 Å². The first-order valence-electron chi connectivity index (χ1n) is 7.71. The minimum Gasteiger partial charge on any atom is -0.337 e. The van der Waals surface area contributed by atoms with Crippen molar-refractivity contribution in [2.24, 2.45) is 0 Å². The normalized spacial score (nSPS) is 17.1. The van der Waals surface area contributed by atoms with Gasteiger partial charge in [-0.3, -0.25) is 0 Å². The Morgan fingerprint density at radius 3 is 2.39 bits per heavy atom. The maximum Gasteiger partial charge on any atom is 0.168 e. The van der Waals surface area contributed by atoms with Crippen LogP contribution in [0.3, 0.4) is 0 Å². The highest BCUT2D eigenvalue weighted by atomic mass is 31.1. The van der Waals surface area contributed by atoms with Gasteiger partial charge in [0.05, 0.1) is 0 Å². The predicted octanol–water partition coefficient (Wildman–Crippen LogP) is 3.88. The van der Waals surface area contributed by atoms with E-state index in [1.807, 2.05) is 6.08 Å². The lowest BCUT2D eigenvalue weighted by atomic mass is 9.92. The van der Waals surface area contributed by atoms with Crippen LogP contribution in [-0.4, -0.2) is 6.61 Å². The zero-order valence-electron chi connectivity index (χ0n) is 12.7. The Labute approximate surface area is 137 Å². The Morgan fingerprint density at radius 2 is 1.57 bits per heavy atom. The third-order valence-electron chi connectivity index (χ3n) is 4.00. The summed E-state index contributed by atoms with van der Waals surface area (Å²) in [6.45, 7) is 0.525. The number of hydrogen-bond donors (Lipinski definition) is 0. The van der Waals surface area contributed by atoms with Crippen molar-refractivity contribution in [3.63, 3.8) is 0 Å². The van der Waals surface area contributed by atoms with E-state index in [1.54, 1.807) is 0 Å². The number of hydrogen-bond acceptors (Lipinski definition) is 2. The summed E-state index contributed by atoms with van der Waals surface area (Å²) in [6, 6.07) is 19.5. The van der Waals surface area contributed by atoms with Crippen molar-refractivity contribution in [3.8, 4) is 0 Å². The van der Waals surface area contributed by atoms with Gasteiger partial charge in [0.1, 0.15) is 6.61 Å². The third-order valence-corrected chi connectivity index (χ3v) is 5.24. The van der Waals surface area contributed by atoms with Gasteiger partial charge in [-0.15, -0.1) is 0 Å². The molecule has 2 nitrogen and oxygen atoms in total. The molecule has 1 aliphatic carbocycles. The SMILES string of the molecule is C1=C2CC(c3ccc(Pc4ccccc4)cc3)=CC=C2OOC1. The van der Waals surface area contributed by atoms with Crippen molar-refractivity contribution in [1.29, 1.82) is 0 Å². The summed E-state index contributed by atoms with van der Waals surface area (Å²) in [5.41, 5.74) is 3.80. The molecule has 1 heterocycles. The van der Waals surface area contributed by atoms with Gasteiger partial charge in [-0.25, -0.2) is 0 Å². The van der Waals surface area contributed by atoms with Crippen molar-refractivity contribution in [3.05, 3.63) is 89.7 Å². The highest BCUT2D eigenvalue weighted by Crippen LogP contribution is 2.33. The molecule has 4 rings (SSSR count). The highest BCUT2D eigenvalue weighted by molar-refractivity contribution is 7.55. The third kappa shape index (κ3) is 3.29. The summed E-state index contributed by atoms with van der Waals surface area (Å²) >= 11 is 0. The van der Waals surface area contributed by atoms with Crippen LogP contribution < -0.4 is 10.6 Å². The molecule has 0 saturated carbocycles. The molecule has 2 aromatic rings. The molecule has 0 amide bonds. The minimum atomic E-state index is 0.525. The van der Waals surface area contributed by atoms with Crippen LogP contribution in [0.4, 0.5) is 0 Å². The molecule has 0 spiro atoms. The first-order chi connectivity index (χ1) is 11.4. The van der Waals surface area contributed by atoms with Gasteiger partial charge in [-0.05, 0) is 33.9 Å². The van der Waals surface area contributed by atoms with Gasteiger partial charge in [-0.2, -0.15) is 4.89 Å². The van der Waals surface area contributed by atoms with Crippen LogP contribution in [0, 0.1) is 0 Å². The quantitative estimate of drug-likeness (QED) is 0.631. The number of fused-ring (bicyclic) bond motifs is 1. The smallest absolute Gasteiger partial charge is 0.168 e. The Balaban J connectivity index is 1.52. The summed E-state index contributed by atoms with van der Waals surface area (Å²) < 4.78 is 0. The molecular weight excluding hydrogens is 303 g/mol. The topological polar surface area (TPSA) is 18.5 Å². The van der Waals surface area contributed by atoms with E-state index in [0.717, 1.165) is 12.2 Å². The standard InChI is InChI=1S/C20H17O2P/c1-2-4-18(5-3-1)23-19-9-6-15(7-10-19)16-8-11-20-17(14-16)12-13-21-22-20/h1-12,23H,13-14H2. The Hall–Kier alpha value is -2.15. The van der Waals surface area contributed by atoms with Gasteiger partial charge in [0.2, 0.25) is 0 Å². The second-order valence-electron chi connectivity index (χ2n) is 5.57. The lowest BCUT2D eigenvalue weighted by molar-refractivity contribution is -0.255. The molecule has 0 saturated heterocycles. The van der Waals surface area contributed by atoms with E-state index < -0.39 is 0 Å². The van der Waals surface area contributed by atoms with Crippen molar-refractivity contribution >= 4 is 24.8 Å². The van der Waals surface area contributed by atoms with E-state index in [2.05, 4.69) is 66.7 Å². The average Bonchev–Trinajstić information content (AvgIpc) is 2.63. The molecule has 0 radical (unpaired) electrons. The van der Waals surface area contributed by atoms with Gasteiger partial charge in [0, 0.05) is 12.0 Å². The molecule has 0 N–H and O–H groups in total. The number of allylic oxidation sites excluding steroid dienone is 4. The fourth-order valence-electron chi connectivity index (χ4n) is 2.77. The molecule has 23 heavy (non-hydrogen) atoms. The number of benzene rings is 2. The zero-order valence-corrected chi connectivity index (χ0v) is 13.7. The molecule has 1 atom stereocenters. The van der Waals surface area contributed by atoms with E-state index in [-0.39, 0.29) is 0 Å². The molecule has 114 valence electrons. The van der Waals surface area contributed by atoms with E-state index in [0.29, 0.717) is 15.2 Å². The summed E-state index contributed by atoms with van der Waals surface area (Å²) in [5.74, 6) is 0.835. The lowest BCUT2D eigenvalue weighted by Gasteiger charge is -2.21. The molecule has 1 unspecified atom stereocenters. The van der Waals surface area contributed by atoms with Crippen LogP contribution in [-0.2, 0) is 9.78 Å². The molecular formula is C20H17O2P. The van der Waals surface area contributed by atoms with Crippen LogP contribution in [0.5, 0.6) is 0 Å². The van der Waals surface area contributed by atoms with Crippen LogP contribution >= 0.6 is 8.58 Å². The van der Waals surface area contributed by atoms with E-state index in [4.69, 9.17) is 9.78 Å². The van der Waals surface area contributed by atoms with Crippen molar-refractivity contribution in [2.75, 3.05) is 6.61 Å². The fraction of sp³-hybridized carbons (Fsp3) is 0.100. The molecule has 0 aromatic heterocycles. The second kappa shape index (κ2) is 6.54. The summed E-state index contributed by atoms with van der Waals surface area (Å²) in [5, 5.41) is 2.73. The Bertz CT molecular complexity index is 786. The molecule has 0 bridgehead atoms. The maximum absolute atomic E-state index is 5.20. The Kier molecular flexibility index (Phi) is 4.10. The second-order valence-corrected chi connectivity index (χ2v) is 6.97. The van der Waals surface area contributed by atoms with Crippen LogP contribution in [0.1, 0.15) is 12.0 Å². The van der Waals surface area contributed by atoms with E-state index >= 15 is 0 Å². The first-order valence-corrected chi connectivity index (χ1v) is 8.71. The molecule has 2 aliphatic rings. The highest BCUT2D eigenvalue weighted by Gasteiger charge is 2.18. The molecule has 0 fully saturated rings. The maximum atomic E-state index is 5.20. The monoisotopic (exact) mass is 320 g/mol. The number of rotatable bonds is 3. The van der Waals surface area contributed by atoms with Crippen molar-refractivity contribution < 1.29 is 9.78 Å². The van der Waals surface area contributed by atoms with Crippen LogP contribution in [0.25, 0.3) is 5.57 Å². The average molecular weight is 320 g/mol. The lowest BCUT2D eigenvalue weighted by Crippen LogP contribution is -2.09. The minimum absolute atomic E-state index is 0.525. The van der Waals surface area contributed by atoms with E-state index in [1.165, 1.54) is 27.3 Å². The zero-order chi connectivity index (χ0) is 15.5. The summed E-state index contributed by atoms with van der Waals surface area (Å²) in [6.07, 6.45) is 7.10. The van der Waals surface area contributed by atoms with Gasteiger partial charge in [-0.1, -0.05) is 69.3 Å². The summed E-state index contributed by atoms with van der Waals surface area (Å²) in [7, 11) is 0.703. The van der Waals surface area contributed by atoms with Crippen LogP contribution in [0.2, 0.25) is 0 Å². The van der Waals surface area contributed by atoms with E-state index in [9.17, 15) is 0 Å². The van der Waals surface area contributed by atoms with Crippen molar-refractivity contribution in [2.45, 2.75) is 6.42 Å². The Morgan fingerprint density at radius 1 is 0.783 bits per heavy atom.